The van der Waals surface area contributed by atoms with E-state index in [1.807, 2.05) is 6.07 Å². The number of hydrogen-bond donors (Lipinski definition) is 1. The van der Waals surface area contributed by atoms with Gasteiger partial charge in [0.05, 0.1) is 5.69 Å². The van der Waals surface area contributed by atoms with Gasteiger partial charge in [0, 0.05) is 25.3 Å². The number of fused-ring (bicyclic) bond motifs is 1. The molecule has 0 amide bonds. The van der Waals surface area contributed by atoms with Gasteiger partial charge in [-0.05, 0) is 50.9 Å². The molecule has 2 saturated heterocycles. The number of pyridine rings is 1. The van der Waals surface area contributed by atoms with Crippen LogP contribution in [0.15, 0.2) is 18.3 Å². The fraction of sp³-hybridized carbons (Fsp3) is 0.600. The van der Waals surface area contributed by atoms with Crippen molar-refractivity contribution in [2.24, 2.45) is 11.7 Å². The summed E-state index contributed by atoms with van der Waals surface area (Å²) >= 11 is 5.13. The maximum atomic E-state index is 5.81. The van der Waals surface area contributed by atoms with E-state index in [4.69, 9.17) is 18.0 Å². The van der Waals surface area contributed by atoms with Crippen molar-refractivity contribution in [2.45, 2.75) is 25.3 Å². The van der Waals surface area contributed by atoms with Gasteiger partial charge in [-0.2, -0.15) is 0 Å². The third-order valence-corrected chi connectivity index (χ3v) is 4.90. The van der Waals surface area contributed by atoms with Crippen LogP contribution < -0.4 is 10.6 Å². The van der Waals surface area contributed by atoms with Crippen molar-refractivity contribution in [1.29, 1.82) is 0 Å². The Morgan fingerprint density at radius 3 is 3.05 bits per heavy atom. The second kappa shape index (κ2) is 5.66. The van der Waals surface area contributed by atoms with Crippen molar-refractivity contribution in [1.82, 2.24) is 9.88 Å². The van der Waals surface area contributed by atoms with Crippen molar-refractivity contribution in [3.8, 4) is 0 Å². The van der Waals surface area contributed by atoms with Crippen LogP contribution in [0.5, 0.6) is 0 Å². The molecule has 2 aliphatic rings. The highest BCUT2D eigenvalue weighted by Gasteiger charge is 2.34. The quantitative estimate of drug-likeness (QED) is 0.839. The molecule has 3 heterocycles. The smallest absolute Gasteiger partial charge is 0.124 e. The lowest BCUT2D eigenvalue weighted by molar-refractivity contribution is 0.102. The van der Waals surface area contributed by atoms with E-state index in [1.54, 1.807) is 6.20 Å². The van der Waals surface area contributed by atoms with Gasteiger partial charge in [-0.1, -0.05) is 12.2 Å². The molecule has 2 fully saturated rings. The summed E-state index contributed by atoms with van der Waals surface area (Å²) in [5, 5.41) is 0. The summed E-state index contributed by atoms with van der Waals surface area (Å²) in [6.45, 7) is 3.40. The number of nitrogens with zero attached hydrogens (tertiary/aromatic N) is 3. The molecule has 0 bridgehead atoms. The Balaban J connectivity index is 1.81. The number of likely N-dealkylation sites (tertiary alicyclic amines) is 1. The van der Waals surface area contributed by atoms with E-state index in [1.165, 1.54) is 25.8 Å². The van der Waals surface area contributed by atoms with Gasteiger partial charge in [0.15, 0.2) is 0 Å². The summed E-state index contributed by atoms with van der Waals surface area (Å²) in [5.41, 5.74) is 7.68. The first-order valence-electron chi connectivity index (χ1n) is 7.37. The van der Waals surface area contributed by atoms with Crippen LogP contribution in [0.1, 0.15) is 25.0 Å². The summed E-state index contributed by atoms with van der Waals surface area (Å²) in [4.78, 5) is 9.70. The molecule has 5 heteroatoms. The number of anilines is 1. The Kier molecular flexibility index (Phi) is 3.89. The van der Waals surface area contributed by atoms with Gasteiger partial charge in [-0.25, -0.2) is 0 Å². The van der Waals surface area contributed by atoms with E-state index in [0.29, 0.717) is 4.99 Å². The molecular weight excluding hydrogens is 268 g/mol. The van der Waals surface area contributed by atoms with E-state index in [2.05, 4.69) is 27.9 Å². The number of piperidine rings is 2. The highest BCUT2D eigenvalue weighted by molar-refractivity contribution is 7.80. The van der Waals surface area contributed by atoms with Crippen LogP contribution in [-0.2, 0) is 0 Å². The van der Waals surface area contributed by atoms with Crippen molar-refractivity contribution >= 4 is 22.9 Å². The Morgan fingerprint density at radius 2 is 2.25 bits per heavy atom. The van der Waals surface area contributed by atoms with Crippen molar-refractivity contribution < 1.29 is 0 Å². The number of rotatable bonds is 2. The Bertz CT molecular complexity index is 504. The largest absolute Gasteiger partial charge is 0.388 e. The molecule has 1 aromatic rings. The molecule has 0 spiro atoms. The summed E-state index contributed by atoms with van der Waals surface area (Å²) in [6.07, 6.45) is 5.61. The molecule has 0 aromatic carbocycles. The fourth-order valence-electron chi connectivity index (χ4n) is 3.71. The van der Waals surface area contributed by atoms with Crippen LogP contribution in [0, 0.1) is 5.92 Å². The molecule has 3 rings (SSSR count). The van der Waals surface area contributed by atoms with E-state index in [-0.39, 0.29) is 0 Å². The van der Waals surface area contributed by atoms with Crippen LogP contribution >= 0.6 is 12.2 Å². The lowest BCUT2D eigenvalue weighted by Gasteiger charge is -2.46. The van der Waals surface area contributed by atoms with Crippen molar-refractivity contribution in [2.75, 3.05) is 31.6 Å². The minimum absolute atomic E-state index is 0.392. The maximum Gasteiger partial charge on any atom is 0.124 e. The van der Waals surface area contributed by atoms with Crippen LogP contribution in [0.3, 0.4) is 0 Å². The average Bonchev–Trinajstić information content (AvgIpc) is 2.47. The molecule has 2 atom stereocenters. The average molecular weight is 290 g/mol. The van der Waals surface area contributed by atoms with E-state index < -0.39 is 0 Å². The monoisotopic (exact) mass is 290 g/mol. The van der Waals surface area contributed by atoms with Crippen LogP contribution in [0.4, 0.5) is 5.69 Å². The maximum absolute atomic E-state index is 5.81. The van der Waals surface area contributed by atoms with Crippen molar-refractivity contribution in [3.05, 3.63) is 24.0 Å². The Morgan fingerprint density at radius 1 is 1.40 bits per heavy atom. The fourth-order valence-corrected chi connectivity index (χ4v) is 3.87. The molecule has 2 N–H and O–H groups in total. The molecular formula is C15H22N4S. The van der Waals surface area contributed by atoms with Gasteiger partial charge in [-0.3, -0.25) is 4.98 Å². The second-order valence-corrected chi connectivity index (χ2v) is 6.36. The molecule has 0 saturated carbocycles. The standard InChI is InChI=1S/C15H22N4S/c1-18-8-3-4-11-10-19(9-6-12(11)18)13-5-2-7-17-14(13)15(16)20/h2,5,7,11-12H,3-4,6,8-10H2,1H3,(H2,16,20). The summed E-state index contributed by atoms with van der Waals surface area (Å²) < 4.78 is 0. The van der Waals surface area contributed by atoms with E-state index >= 15 is 0 Å². The third-order valence-electron chi connectivity index (χ3n) is 4.71. The third kappa shape index (κ3) is 2.52. The Labute approximate surface area is 126 Å². The molecule has 2 unspecified atom stereocenters. The summed E-state index contributed by atoms with van der Waals surface area (Å²) in [7, 11) is 2.26. The molecule has 108 valence electrons. The van der Waals surface area contributed by atoms with Gasteiger partial charge in [0.2, 0.25) is 0 Å². The van der Waals surface area contributed by atoms with Gasteiger partial charge in [0.25, 0.3) is 0 Å². The normalized spacial score (nSPS) is 27.1. The van der Waals surface area contributed by atoms with E-state index in [9.17, 15) is 0 Å². The predicted molar refractivity (Wildman–Crippen MR) is 86.1 cm³/mol. The van der Waals surface area contributed by atoms with Crippen LogP contribution in [0.2, 0.25) is 0 Å². The number of thiocarbonyl (C=S) groups is 1. The molecule has 2 aliphatic heterocycles. The second-order valence-electron chi connectivity index (χ2n) is 5.92. The first kappa shape index (κ1) is 13.8. The Hall–Kier alpha value is -1.20. The van der Waals surface area contributed by atoms with Gasteiger partial charge in [-0.15, -0.1) is 0 Å². The summed E-state index contributed by atoms with van der Waals surface area (Å²) in [6, 6.07) is 4.80. The van der Waals surface area contributed by atoms with Gasteiger partial charge < -0.3 is 15.5 Å². The lowest BCUT2D eigenvalue weighted by atomic mass is 9.84. The van der Waals surface area contributed by atoms with Crippen LogP contribution in [0.25, 0.3) is 0 Å². The molecule has 4 nitrogen and oxygen atoms in total. The predicted octanol–water partition coefficient (Wildman–Crippen LogP) is 1.64. The van der Waals surface area contributed by atoms with Crippen molar-refractivity contribution in [3.63, 3.8) is 0 Å². The zero-order valence-electron chi connectivity index (χ0n) is 12.0. The van der Waals surface area contributed by atoms with Crippen LogP contribution in [-0.4, -0.2) is 47.6 Å². The number of nitrogens with two attached hydrogens (primary N) is 1. The number of hydrogen-bond acceptors (Lipinski definition) is 4. The number of aromatic nitrogens is 1. The molecule has 0 aliphatic carbocycles. The topological polar surface area (TPSA) is 45.4 Å². The van der Waals surface area contributed by atoms with Gasteiger partial charge >= 0.3 is 0 Å². The summed E-state index contributed by atoms with van der Waals surface area (Å²) in [5.74, 6) is 0.752. The molecule has 1 aromatic heterocycles. The zero-order chi connectivity index (χ0) is 14.1. The van der Waals surface area contributed by atoms with Gasteiger partial charge in [0.1, 0.15) is 10.7 Å². The molecule has 20 heavy (non-hydrogen) atoms. The molecule has 0 radical (unpaired) electrons. The van der Waals surface area contributed by atoms with E-state index in [0.717, 1.165) is 36.4 Å². The highest BCUT2D eigenvalue weighted by atomic mass is 32.1. The lowest BCUT2D eigenvalue weighted by Crippen LogP contribution is -2.53. The first-order valence-corrected chi connectivity index (χ1v) is 7.77. The highest BCUT2D eigenvalue weighted by Crippen LogP contribution is 2.32. The zero-order valence-corrected chi connectivity index (χ0v) is 12.8. The SMILES string of the molecule is CN1CCCC2CN(c3cccnc3C(N)=S)CCC21. The first-order chi connectivity index (χ1) is 9.66. The minimum Gasteiger partial charge on any atom is -0.388 e. The minimum atomic E-state index is 0.392.